The summed E-state index contributed by atoms with van der Waals surface area (Å²) in [5.74, 6) is 0.588. The number of anilines is 2. The smallest absolute Gasteiger partial charge is 0.319 e. The molecule has 0 saturated carbocycles. The van der Waals surface area contributed by atoms with Crippen LogP contribution in [0.5, 0.6) is 5.75 Å². The average Bonchev–Trinajstić information content (AvgIpc) is 3.13. The molecule has 4 rings (SSSR count). The van der Waals surface area contributed by atoms with Crippen molar-refractivity contribution in [2.45, 2.75) is 25.9 Å². The van der Waals surface area contributed by atoms with E-state index < -0.39 is 0 Å². The van der Waals surface area contributed by atoms with Gasteiger partial charge in [-0.3, -0.25) is 4.79 Å². The molecule has 1 aliphatic heterocycles. The summed E-state index contributed by atoms with van der Waals surface area (Å²) in [5.41, 5.74) is 4.24. The maximum atomic E-state index is 13.1. The van der Waals surface area contributed by atoms with Gasteiger partial charge in [-0.15, -0.1) is 0 Å². The van der Waals surface area contributed by atoms with E-state index in [9.17, 15) is 9.59 Å². The van der Waals surface area contributed by atoms with Crippen molar-refractivity contribution in [1.29, 1.82) is 0 Å². The van der Waals surface area contributed by atoms with Crippen molar-refractivity contribution >= 4 is 23.3 Å². The predicted octanol–water partition coefficient (Wildman–Crippen LogP) is 4.61. The van der Waals surface area contributed by atoms with Crippen LogP contribution in [0, 0.1) is 0 Å². The Morgan fingerprint density at radius 1 is 1.03 bits per heavy atom. The standard InChI is InChI=1S/C25H25N3O3/c1-17-14-20-13-12-18(15-22(20)28(17)24(29)19-8-4-3-5-9-19)16-26-25(30)27-21-10-6-7-11-23(21)31-2/h3-13,15,17H,14,16H2,1-2H3,(H2,26,27,30). The lowest BCUT2D eigenvalue weighted by Crippen LogP contribution is -2.35. The van der Waals surface area contributed by atoms with Gasteiger partial charge in [0.05, 0.1) is 12.8 Å². The van der Waals surface area contributed by atoms with Gasteiger partial charge in [-0.05, 0) is 54.8 Å². The second-order valence-corrected chi connectivity index (χ2v) is 7.57. The molecular weight excluding hydrogens is 390 g/mol. The van der Waals surface area contributed by atoms with Gasteiger partial charge in [0.2, 0.25) is 0 Å². The van der Waals surface area contributed by atoms with Crippen LogP contribution in [-0.4, -0.2) is 25.1 Å². The first kappa shape index (κ1) is 20.5. The normalized spacial score (nSPS) is 14.6. The molecular formula is C25H25N3O3. The Morgan fingerprint density at radius 3 is 2.55 bits per heavy atom. The molecule has 3 aromatic carbocycles. The monoisotopic (exact) mass is 415 g/mol. The number of nitrogens with zero attached hydrogens (tertiary/aromatic N) is 1. The molecule has 158 valence electrons. The molecule has 2 N–H and O–H groups in total. The third-order valence-electron chi connectivity index (χ3n) is 5.41. The Balaban J connectivity index is 1.46. The Kier molecular flexibility index (Phi) is 5.89. The molecule has 1 aliphatic rings. The number of urea groups is 1. The van der Waals surface area contributed by atoms with Crippen molar-refractivity contribution in [2.75, 3.05) is 17.3 Å². The summed E-state index contributed by atoms with van der Waals surface area (Å²) in [5, 5.41) is 5.67. The number of methoxy groups -OCH3 is 1. The fraction of sp³-hybridized carbons (Fsp3) is 0.200. The van der Waals surface area contributed by atoms with Gasteiger partial charge in [-0.1, -0.05) is 42.5 Å². The van der Waals surface area contributed by atoms with Crippen LogP contribution in [0.25, 0.3) is 0 Å². The zero-order valence-corrected chi connectivity index (χ0v) is 17.6. The maximum absolute atomic E-state index is 13.1. The van der Waals surface area contributed by atoms with Crippen LogP contribution >= 0.6 is 0 Å². The zero-order chi connectivity index (χ0) is 21.8. The largest absolute Gasteiger partial charge is 0.495 e. The number of nitrogens with one attached hydrogen (secondary N) is 2. The molecule has 1 unspecified atom stereocenters. The van der Waals surface area contributed by atoms with Crippen molar-refractivity contribution in [3.63, 3.8) is 0 Å². The minimum absolute atomic E-state index is 0.00845. The number of carbonyl (C=O) groups is 2. The van der Waals surface area contributed by atoms with E-state index in [2.05, 4.69) is 17.6 Å². The van der Waals surface area contributed by atoms with E-state index in [1.807, 2.05) is 65.6 Å². The summed E-state index contributed by atoms with van der Waals surface area (Å²) >= 11 is 0. The fourth-order valence-corrected chi connectivity index (χ4v) is 3.89. The first-order valence-electron chi connectivity index (χ1n) is 10.2. The van der Waals surface area contributed by atoms with Gasteiger partial charge in [0.1, 0.15) is 5.75 Å². The number of carbonyl (C=O) groups excluding carboxylic acids is 2. The molecule has 1 heterocycles. The second kappa shape index (κ2) is 8.92. The van der Waals surface area contributed by atoms with Gasteiger partial charge in [0.15, 0.2) is 0 Å². The van der Waals surface area contributed by atoms with Crippen LogP contribution in [0.1, 0.15) is 28.4 Å². The van der Waals surface area contributed by atoms with Gasteiger partial charge in [-0.2, -0.15) is 0 Å². The van der Waals surface area contributed by atoms with Crippen LogP contribution in [0.15, 0.2) is 72.8 Å². The van der Waals surface area contributed by atoms with Gasteiger partial charge < -0.3 is 20.3 Å². The SMILES string of the molecule is COc1ccccc1NC(=O)NCc1ccc2c(c1)N(C(=O)c1ccccc1)C(C)C2. The maximum Gasteiger partial charge on any atom is 0.319 e. The predicted molar refractivity (Wildman–Crippen MR) is 122 cm³/mol. The van der Waals surface area contributed by atoms with Gasteiger partial charge >= 0.3 is 6.03 Å². The van der Waals surface area contributed by atoms with Gasteiger partial charge in [0.25, 0.3) is 5.91 Å². The van der Waals surface area contributed by atoms with Crippen molar-refractivity contribution < 1.29 is 14.3 Å². The van der Waals surface area contributed by atoms with Crippen LogP contribution in [0.2, 0.25) is 0 Å². The summed E-state index contributed by atoms with van der Waals surface area (Å²) in [7, 11) is 1.56. The first-order valence-corrected chi connectivity index (χ1v) is 10.2. The van der Waals surface area contributed by atoms with Crippen molar-refractivity contribution in [3.05, 3.63) is 89.5 Å². The molecule has 0 aromatic heterocycles. The Bertz CT molecular complexity index is 1100. The molecule has 3 amide bonds. The van der Waals surface area contributed by atoms with E-state index in [1.54, 1.807) is 19.2 Å². The molecule has 1 atom stereocenters. The molecule has 0 saturated heterocycles. The Hall–Kier alpha value is -3.80. The summed E-state index contributed by atoms with van der Waals surface area (Å²) in [6, 6.07) is 22.3. The Morgan fingerprint density at radius 2 is 1.77 bits per heavy atom. The van der Waals surface area contributed by atoms with Crippen LogP contribution in [-0.2, 0) is 13.0 Å². The highest BCUT2D eigenvalue weighted by Crippen LogP contribution is 2.34. The number of hydrogen-bond donors (Lipinski definition) is 2. The number of hydrogen-bond acceptors (Lipinski definition) is 3. The third kappa shape index (κ3) is 4.38. The van der Waals surface area contributed by atoms with Crippen molar-refractivity contribution in [3.8, 4) is 5.75 Å². The molecule has 6 nitrogen and oxygen atoms in total. The summed E-state index contributed by atoms with van der Waals surface area (Å²) in [4.78, 5) is 27.3. The molecule has 0 radical (unpaired) electrons. The summed E-state index contributed by atoms with van der Waals surface area (Å²) < 4.78 is 5.26. The fourth-order valence-electron chi connectivity index (χ4n) is 3.89. The van der Waals surface area contributed by atoms with Gasteiger partial charge in [0, 0.05) is 23.8 Å². The molecule has 3 aromatic rings. The number of ether oxygens (including phenoxy) is 1. The number of para-hydroxylation sites is 2. The van der Waals surface area contributed by atoms with Crippen molar-refractivity contribution in [1.82, 2.24) is 5.32 Å². The number of rotatable bonds is 5. The van der Waals surface area contributed by atoms with Crippen molar-refractivity contribution in [2.24, 2.45) is 0 Å². The molecule has 0 fully saturated rings. The van der Waals surface area contributed by atoms with Crippen LogP contribution in [0.3, 0.4) is 0 Å². The number of benzene rings is 3. The quantitative estimate of drug-likeness (QED) is 0.639. The molecule has 0 bridgehead atoms. The zero-order valence-electron chi connectivity index (χ0n) is 17.6. The number of amides is 3. The molecule has 31 heavy (non-hydrogen) atoms. The second-order valence-electron chi connectivity index (χ2n) is 7.57. The highest BCUT2D eigenvalue weighted by molar-refractivity contribution is 6.07. The lowest BCUT2D eigenvalue weighted by atomic mass is 10.1. The highest BCUT2D eigenvalue weighted by atomic mass is 16.5. The third-order valence-corrected chi connectivity index (χ3v) is 5.41. The van der Waals surface area contributed by atoms with Gasteiger partial charge in [-0.25, -0.2) is 4.79 Å². The topological polar surface area (TPSA) is 70.7 Å². The van der Waals surface area contributed by atoms with E-state index in [-0.39, 0.29) is 18.0 Å². The van der Waals surface area contributed by atoms with E-state index >= 15 is 0 Å². The average molecular weight is 415 g/mol. The van der Waals surface area contributed by atoms with E-state index in [4.69, 9.17) is 4.74 Å². The van der Waals surface area contributed by atoms with E-state index in [0.717, 1.165) is 23.2 Å². The Labute approximate surface area is 181 Å². The first-order chi connectivity index (χ1) is 15.1. The van der Waals surface area contributed by atoms with E-state index in [1.165, 1.54) is 0 Å². The summed E-state index contributed by atoms with van der Waals surface area (Å²) in [6.07, 6.45) is 0.815. The highest BCUT2D eigenvalue weighted by Gasteiger charge is 2.31. The summed E-state index contributed by atoms with van der Waals surface area (Å²) in [6.45, 7) is 2.40. The molecule has 0 spiro atoms. The van der Waals surface area contributed by atoms with Crippen LogP contribution < -0.4 is 20.3 Å². The van der Waals surface area contributed by atoms with Crippen LogP contribution in [0.4, 0.5) is 16.2 Å². The van der Waals surface area contributed by atoms with E-state index in [0.29, 0.717) is 23.5 Å². The molecule has 6 heteroatoms. The minimum Gasteiger partial charge on any atom is -0.495 e. The molecule has 0 aliphatic carbocycles. The lowest BCUT2D eigenvalue weighted by Gasteiger charge is -2.23. The lowest BCUT2D eigenvalue weighted by molar-refractivity contribution is 0.0981. The minimum atomic E-state index is -0.324. The number of fused-ring (bicyclic) bond motifs is 1.